The molecule has 0 spiro atoms. The van der Waals surface area contributed by atoms with Crippen molar-refractivity contribution in [1.29, 1.82) is 0 Å². The van der Waals surface area contributed by atoms with Gasteiger partial charge in [-0.3, -0.25) is 19.9 Å². The van der Waals surface area contributed by atoms with Crippen molar-refractivity contribution < 1.29 is 14.3 Å². The van der Waals surface area contributed by atoms with E-state index in [4.69, 9.17) is 10.6 Å². The molecular weight excluding hydrogens is 308 g/mol. The standard InChI is InChI=1S/C17H18N4O3/c18-20-16(22)10-21-14-7-6-13(8-15(14)24-11-17(21)23)19-9-12-4-2-1-3-5-12/h1-8,19H,9-11,18H2,(H,20,22). The second-order valence-electron chi connectivity index (χ2n) is 5.36. The Morgan fingerprint density at radius 1 is 1.21 bits per heavy atom. The smallest absolute Gasteiger partial charge is 0.265 e. The Morgan fingerprint density at radius 3 is 2.75 bits per heavy atom. The van der Waals surface area contributed by atoms with Gasteiger partial charge >= 0.3 is 0 Å². The average molecular weight is 326 g/mol. The lowest BCUT2D eigenvalue weighted by molar-refractivity contribution is -0.125. The highest BCUT2D eigenvalue weighted by atomic mass is 16.5. The van der Waals surface area contributed by atoms with Crippen molar-refractivity contribution in [3.8, 4) is 5.75 Å². The van der Waals surface area contributed by atoms with E-state index in [1.807, 2.05) is 47.9 Å². The Labute approximate surface area is 139 Å². The zero-order valence-corrected chi connectivity index (χ0v) is 13.0. The van der Waals surface area contributed by atoms with E-state index in [1.165, 1.54) is 4.90 Å². The number of hydrogen-bond acceptors (Lipinski definition) is 5. The van der Waals surface area contributed by atoms with Gasteiger partial charge in [0.25, 0.3) is 11.8 Å². The molecule has 0 bridgehead atoms. The van der Waals surface area contributed by atoms with Crippen LogP contribution in [0.3, 0.4) is 0 Å². The first-order valence-electron chi connectivity index (χ1n) is 7.52. The van der Waals surface area contributed by atoms with Crippen LogP contribution >= 0.6 is 0 Å². The number of carbonyl (C=O) groups is 2. The summed E-state index contributed by atoms with van der Waals surface area (Å²) in [4.78, 5) is 24.8. The number of ether oxygens (including phenoxy) is 1. The minimum atomic E-state index is -0.442. The number of hydrazine groups is 1. The highest BCUT2D eigenvalue weighted by Gasteiger charge is 2.27. The van der Waals surface area contributed by atoms with Crippen LogP contribution in [0, 0.1) is 0 Å². The monoisotopic (exact) mass is 326 g/mol. The topological polar surface area (TPSA) is 96.7 Å². The molecule has 7 heteroatoms. The predicted octanol–water partition coefficient (Wildman–Crippen LogP) is 1.01. The van der Waals surface area contributed by atoms with E-state index >= 15 is 0 Å². The van der Waals surface area contributed by atoms with E-state index in [9.17, 15) is 9.59 Å². The molecule has 0 saturated carbocycles. The summed E-state index contributed by atoms with van der Waals surface area (Å²) in [6.45, 7) is 0.438. The van der Waals surface area contributed by atoms with Crippen molar-refractivity contribution in [2.75, 3.05) is 23.4 Å². The molecule has 124 valence electrons. The number of fused-ring (bicyclic) bond motifs is 1. The summed E-state index contributed by atoms with van der Waals surface area (Å²) in [6.07, 6.45) is 0. The molecule has 4 N–H and O–H groups in total. The molecular formula is C17H18N4O3. The average Bonchev–Trinajstić information content (AvgIpc) is 2.63. The fraction of sp³-hybridized carbons (Fsp3) is 0.176. The first kappa shape index (κ1) is 15.8. The Kier molecular flexibility index (Phi) is 4.62. The summed E-state index contributed by atoms with van der Waals surface area (Å²) in [5.41, 5.74) is 4.61. The second-order valence-corrected chi connectivity index (χ2v) is 5.36. The lowest BCUT2D eigenvalue weighted by atomic mass is 10.2. The molecule has 0 aliphatic carbocycles. The molecule has 7 nitrogen and oxygen atoms in total. The van der Waals surface area contributed by atoms with Crippen molar-refractivity contribution in [2.45, 2.75) is 6.54 Å². The third-order valence-corrected chi connectivity index (χ3v) is 3.70. The SMILES string of the molecule is NNC(=O)CN1C(=O)COc2cc(NCc3ccccc3)ccc21. The molecule has 0 unspecified atom stereocenters. The number of hydrogen-bond donors (Lipinski definition) is 3. The lowest BCUT2D eigenvalue weighted by Gasteiger charge is -2.29. The normalized spacial score (nSPS) is 13.0. The van der Waals surface area contributed by atoms with Gasteiger partial charge in [-0.25, -0.2) is 5.84 Å². The van der Waals surface area contributed by atoms with Crippen LogP contribution in [0.25, 0.3) is 0 Å². The molecule has 0 radical (unpaired) electrons. The van der Waals surface area contributed by atoms with Crippen LogP contribution in [-0.4, -0.2) is 25.0 Å². The van der Waals surface area contributed by atoms with Gasteiger partial charge in [0.2, 0.25) is 0 Å². The highest BCUT2D eigenvalue weighted by Crippen LogP contribution is 2.34. The molecule has 1 aliphatic rings. The minimum absolute atomic E-state index is 0.104. The molecule has 24 heavy (non-hydrogen) atoms. The Bertz CT molecular complexity index is 749. The summed E-state index contributed by atoms with van der Waals surface area (Å²) in [5, 5.41) is 3.31. The van der Waals surface area contributed by atoms with Gasteiger partial charge in [0.15, 0.2) is 6.61 Å². The third kappa shape index (κ3) is 3.47. The van der Waals surface area contributed by atoms with Crippen molar-refractivity contribution in [3.05, 3.63) is 54.1 Å². The molecule has 2 aromatic carbocycles. The zero-order valence-electron chi connectivity index (χ0n) is 13.0. The van der Waals surface area contributed by atoms with Gasteiger partial charge in [-0.2, -0.15) is 0 Å². The van der Waals surface area contributed by atoms with Gasteiger partial charge in [0.1, 0.15) is 12.3 Å². The van der Waals surface area contributed by atoms with Crippen LogP contribution < -0.4 is 26.2 Å². The summed E-state index contributed by atoms with van der Waals surface area (Å²) in [5.74, 6) is 4.92. The number of nitrogens with two attached hydrogens (primary N) is 1. The molecule has 2 amide bonds. The van der Waals surface area contributed by atoms with Crippen LogP contribution in [0.15, 0.2) is 48.5 Å². The van der Waals surface area contributed by atoms with E-state index in [1.54, 1.807) is 6.07 Å². The summed E-state index contributed by atoms with van der Waals surface area (Å²) in [7, 11) is 0. The number of nitrogens with zero attached hydrogens (tertiary/aromatic N) is 1. The van der Waals surface area contributed by atoms with Gasteiger partial charge in [-0.1, -0.05) is 30.3 Å². The second kappa shape index (κ2) is 7.01. The Balaban J connectivity index is 1.75. The first-order chi connectivity index (χ1) is 11.7. The van der Waals surface area contributed by atoms with Crippen molar-refractivity contribution in [3.63, 3.8) is 0 Å². The Morgan fingerprint density at radius 2 is 2.00 bits per heavy atom. The zero-order chi connectivity index (χ0) is 16.9. The van der Waals surface area contributed by atoms with Gasteiger partial charge in [0.05, 0.1) is 5.69 Å². The van der Waals surface area contributed by atoms with E-state index in [0.29, 0.717) is 18.0 Å². The number of nitrogens with one attached hydrogen (secondary N) is 2. The van der Waals surface area contributed by atoms with Crippen molar-refractivity contribution in [2.24, 2.45) is 5.84 Å². The fourth-order valence-corrected chi connectivity index (χ4v) is 2.48. The predicted molar refractivity (Wildman–Crippen MR) is 90.4 cm³/mol. The van der Waals surface area contributed by atoms with Gasteiger partial charge in [-0.15, -0.1) is 0 Å². The van der Waals surface area contributed by atoms with E-state index in [2.05, 4.69) is 5.32 Å². The maximum Gasteiger partial charge on any atom is 0.265 e. The Hall–Kier alpha value is -3.06. The van der Waals surface area contributed by atoms with E-state index in [-0.39, 0.29) is 19.1 Å². The molecule has 0 atom stereocenters. The molecule has 1 aliphatic heterocycles. The quantitative estimate of drug-likeness (QED) is 0.433. The lowest BCUT2D eigenvalue weighted by Crippen LogP contribution is -2.46. The summed E-state index contributed by atoms with van der Waals surface area (Å²) in [6, 6.07) is 15.4. The van der Waals surface area contributed by atoms with Crippen LogP contribution in [0.2, 0.25) is 0 Å². The first-order valence-corrected chi connectivity index (χ1v) is 7.52. The maximum atomic E-state index is 12.0. The molecule has 1 heterocycles. The number of carbonyl (C=O) groups excluding carboxylic acids is 2. The maximum absolute atomic E-state index is 12.0. The number of anilines is 2. The van der Waals surface area contributed by atoms with Crippen molar-refractivity contribution >= 4 is 23.2 Å². The van der Waals surface area contributed by atoms with Gasteiger partial charge in [-0.05, 0) is 17.7 Å². The molecule has 3 rings (SSSR count). The number of amides is 2. The van der Waals surface area contributed by atoms with Crippen LogP contribution in [-0.2, 0) is 16.1 Å². The van der Waals surface area contributed by atoms with Gasteiger partial charge < -0.3 is 10.1 Å². The largest absolute Gasteiger partial charge is 0.481 e. The molecule has 0 fully saturated rings. The summed E-state index contributed by atoms with van der Waals surface area (Å²) >= 11 is 0. The fourth-order valence-electron chi connectivity index (χ4n) is 2.48. The van der Waals surface area contributed by atoms with Crippen molar-refractivity contribution in [1.82, 2.24) is 5.43 Å². The van der Waals surface area contributed by atoms with Gasteiger partial charge in [0, 0.05) is 18.3 Å². The number of rotatable bonds is 5. The van der Waals surface area contributed by atoms with E-state index in [0.717, 1.165) is 11.3 Å². The summed E-state index contributed by atoms with van der Waals surface area (Å²) < 4.78 is 5.48. The molecule has 0 aromatic heterocycles. The van der Waals surface area contributed by atoms with Crippen LogP contribution in [0.1, 0.15) is 5.56 Å². The molecule has 0 saturated heterocycles. The molecule has 2 aromatic rings. The number of benzene rings is 2. The highest BCUT2D eigenvalue weighted by molar-refractivity contribution is 6.02. The van der Waals surface area contributed by atoms with E-state index < -0.39 is 5.91 Å². The van der Waals surface area contributed by atoms with Crippen LogP contribution in [0.5, 0.6) is 5.75 Å². The third-order valence-electron chi connectivity index (χ3n) is 3.70. The van der Waals surface area contributed by atoms with Crippen LogP contribution in [0.4, 0.5) is 11.4 Å². The minimum Gasteiger partial charge on any atom is -0.481 e.